The first-order valence-electron chi connectivity index (χ1n) is 6.74. The lowest BCUT2D eigenvalue weighted by Gasteiger charge is -2.26. The number of nitrogens with zero attached hydrogens (tertiary/aromatic N) is 3. The number of rotatable bonds is 2. The van der Waals surface area contributed by atoms with Crippen LogP contribution < -0.4 is 0 Å². The lowest BCUT2D eigenvalue weighted by atomic mass is 10.2. The molecule has 2 aliphatic heterocycles. The summed E-state index contributed by atoms with van der Waals surface area (Å²) in [4.78, 5) is 4.27. The molecule has 0 atom stereocenters. The van der Waals surface area contributed by atoms with E-state index in [-0.39, 0.29) is 0 Å². The number of aromatic nitrogens is 2. The van der Waals surface area contributed by atoms with Gasteiger partial charge in [-0.05, 0) is 25.7 Å². The normalized spacial score (nSPS) is 21.8. The first-order valence-corrected chi connectivity index (χ1v) is 8.18. The van der Waals surface area contributed by atoms with Gasteiger partial charge in [-0.1, -0.05) is 6.42 Å². The smallest absolute Gasteiger partial charge is 0.260 e. The van der Waals surface area contributed by atoms with Crippen LogP contribution in [-0.2, 0) is 23.0 Å². The van der Waals surface area contributed by atoms with Gasteiger partial charge in [-0.15, -0.1) is 0 Å². The molecular weight excluding hydrogens is 250 g/mol. The van der Waals surface area contributed by atoms with Crippen LogP contribution in [0.15, 0.2) is 11.2 Å². The number of imidazole rings is 1. The number of hydrogen-bond donors (Lipinski definition) is 0. The van der Waals surface area contributed by atoms with Gasteiger partial charge in [-0.25, -0.2) is 13.4 Å². The monoisotopic (exact) mass is 269 g/mol. The average Bonchev–Trinajstić information content (AvgIpc) is 2.84. The molecule has 0 radical (unpaired) electrons. The maximum absolute atomic E-state index is 12.6. The van der Waals surface area contributed by atoms with Crippen LogP contribution in [0.2, 0.25) is 0 Å². The molecule has 1 fully saturated rings. The van der Waals surface area contributed by atoms with Crippen molar-refractivity contribution in [3.05, 3.63) is 12.0 Å². The number of hydrogen-bond acceptors (Lipinski definition) is 3. The van der Waals surface area contributed by atoms with E-state index in [1.54, 1.807) is 10.5 Å². The second-order valence-corrected chi connectivity index (χ2v) is 6.97. The minimum atomic E-state index is -3.33. The molecule has 6 heteroatoms. The Kier molecular flexibility index (Phi) is 3.15. The van der Waals surface area contributed by atoms with Gasteiger partial charge >= 0.3 is 0 Å². The molecule has 1 aromatic rings. The lowest BCUT2D eigenvalue weighted by Crippen LogP contribution is -2.37. The van der Waals surface area contributed by atoms with Crippen molar-refractivity contribution >= 4 is 10.0 Å². The van der Waals surface area contributed by atoms with Crippen LogP contribution in [0.1, 0.15) is 37.9 Å². The van der Waals surface area contributed by atoms with Crippen LogP contribution >= 0.6 is 0 Å². The predicted molar refractivity (Wildman–Crippen MR) is 67.8 cm³/mol. The standard InChI is InChI=1S/C12H19N3O2S/c16-18(17,14-7-3-1-4-8-14)12-10-13-11-6-2-5-9-15(11)12/h10H,1-9H2. The van der Waals surface area contributed by atoms with Crippen molar-refractivity contribution < 1.29 is 8.42 Å². The molecule has 1 saturated heterocycles. The minimum Gasteiger partial charge on any atom is -0.318 e. The topological polar surface area (TPSA) is 55.2 Å². The summed E-state index contributed by atoms with van der Waals surface area (Å²) in [5.41, 5.74) is 0. The highest BCUT2D eigenvalue weighted by molar-refractivity contribution is 7.89. The second kappa shape index (κ2) is 4.66. The molecule has 0 saturated carbocycles. The largest absolute Gasteiger partial charge is 0.318 e. The molecule has 5 nitrogen and oxygen atoms in total. The van der Waals surface area contributed by atoms with Gasteiger partial charge in [0.05, 0.1) is 6.20 Å². The van der Waals surface area contributed by atoms with Gasteiger partial charge in [0, 0.05) is 26.1 Å². The summed E-state index contributed by atoms with van der Waals surface area (Å²) in [7, 11) is -3.33. The van der Waals surface area contributed by atoms with Gasteiger partial charge < -0.3 is 4.57 Å². The first kappa shape index (κ1) is 12.2. The second-order valence-electron chi connectivity index (χ2n) is 5.09. The Labute approximate surface area is 108 Å². The number of sulfonamides is 1. The van der Waals surface area contributed by atoms with Gasteiger partial charge in [-0.2, -0.15) is 4.31 Å². The van der Waals surface area contributed by atoms with Crippen molar-refractivity contribution in [1.82, 2.24) is 13.9 Å². The molecule has 1 aromatic heterocycles. The van der Waals surface area contributed by atoms with Gasteiger partial charge in [0.15, 0.2) is 5.03 Å². The molecule has 2 aliphatic rings. The Balaban J connectivity index is 1.95. The molecule has 0 N–H and O–H groups in total. The number of piperidine rings is 1. The van der Waals surface area contributed by atoms with E-state index >= 15 is 0 Å². The van der Waals surface area contributed by atoms with Crippen LogP contribution in [-0.4, -0.2) is 35.4 Å². The van der Waals surface area contributed by atoms with Crippen molar-refractivity contribution in [2.24, 2.45) is 0 Å². The fraction of sp³-hybridized carbons (Fsp3) is 0.750. The van der Waals surface area contributed by atoms with E-state index < -0.39 is 10.0 Å². The summed E-state index contributed by atoms with van der Waals surface area (Å²) in [5, 5.41) is 0.402. The summed E-state index contributed by atoms with van der Waals surface area (Å²) in [5.74, 6) is 0.928. The van der Waals surface area contributed by atoms with Gasteiger partial charge in [0.1, 0.15) is 5.82 Å². The summed E-state index contributed by atoms with van der Waals surface area (Å²) in [6, 6.07) is 0. The van der Waals surface area contributed by atoms with Crippen molar-refractivity contribution in [3.63, 3.8) is 0 Å². The lowest BCUT2D eigenvalue weighted by molar-refractivity contribution is 0.342. The maximum atomic E-state index is 12.6. The number of aryl methyl sites for hydroxylation is 1. The molecule has 100 valence electrons. The van der Waals surface area contributed by atoms with Crippen LogP contribution in [0.3, 0.4) is 0 Å². The van der Waals surface area contributed by atoms with Gasteiger partial charge in [0.25, 0.3) is 10.0 Å². The Morgan fingerprint density at radius 3 is 2.50 bits per heavy atom. The highest BCUT2D eigenvalue weighted by atomic mass is 32.2. The molecule has 3 rings (SSSR count). The summed E-state index contributed by atoms with van der Waals surface area (Å²) in [6.07, 6.45) is 7.68. The molecule has 0 spiro atoms. The van der Waals surface area contributed by atoms with E-state index in [2.05, 4.69) is 4.98 Å². The minimum absolute atomic E-state index is 0.402. The quantitative estimate of drug-likeness (QED) is 0.815. The third-order valence-corrected chi connectivity index (χ3v) is 5.75. The highest BCUT2D eigenvalue weighted by Gasteiger charge is 2.30. The van der Waals surface area contributed by atoms with Crippen molar-refractivity contribution in [3.8, 4) is 0 Å². The Morgan fingerprint density at radius 2 is 1.72 bits per heavy atom. The van der Waals surface area contributed by atoms with E-state index in [0.29, 0.717) is 18.1 Å². The van der Waals surface area contributed by atoms with Gasteiger partial charge in [0.2, 0.25) is 0 Å². The van der Waals surface area contributed by atoms with Crippen LogP contribution in [0.25, 0.3) is 0 Å². The molecular formula is C12H19N3O2S. The third kappa shape index (κ3) is 1.97. The van der Waals surface area contributed by atoms with Crippen molar-refractivity contribution in [2.75, 3.05) is 13.1 Å². The van der Waals surface area contributed by atoms with Crippen LogP contribution in [0.5, 0.6) is 0 Å². The zero-order valence-corrected chi connectivity index (χ0v) is 11.3. The Morgan fingerprint density at radius 1 is 1.00 bits per heavy atom. The highest BCUT2D eigenvalue weighted by Crippen LogP contribution is 2.24. The first-order chi connectivity index (χ1) is 8.69. The molecule has 0 amide bonds. The molecule has 0 aromatic carbocycles. The van der Waals surface area contributed by atoms with E-state index in [4.69, 9.17) is 0 Å². The summed E-state index contributed by atoms with van der Waals surface area (Å²) < 4.78 is 28.7. The zero-order valence-electron chi connectivity index (χ0n) is 10.5. The molecule has 18 heavy (non-hydrogen) atoms. The SMILES string of the molecule is O=S(=O)(c1cnc2n1CCCC2)N1CCCCC1. The van der Waals surface area contributed by atoms with Crippen LogP contribution in [0, 0.1) is 0 Å². The third-order valence-electron chi connectivity index (χ3n) is 3.85. The van der Waals surface area contributed by atoms with E-state index in [1.807, 2.05) is 4.57 Å². The molecule has 0 bridgehead atoms. The summed E-state index contributed by atoms with van der Waals surface area (Å²) >= 11 is 0. The maximum Gasteiger partial charge on any atom is 0.260 e. The summed E-state index contributed by atoms with van der Waals surface area (Å²) in [6.45, 7) is 2.10. The number of fused-ring (bicyclic) bond motifs is 1. The fourth-order valence-corrected chi connectivity index (χ4v) is 4.50. The van der Waals surface area contributed by atoms with Crippen molar-refractivity contribution in [2.45, 2.75) is 50.1 Å². The van der Waals surface area contributed by atoms with E-state index in [1.165, 1.54) is 0 Å². The predicted octanol–water partition coefficient (Wildman–Crippen LogP) is 1.39. The molecule has 0 unspecified atom stereocenters. The van der Waals surface area contributed by atoms with E-state index in [9.17, 15) is 8.42 Å². The van der Waals surface area contributed by atoms with Crippen molar-refractivity contribution in [1.29, 1.82) is 0 Å². The van der Waals surface area contributed by atoms with Gasteiger partial charge in [-0.3, -0.25) is 0 Å². The Hall–Kier alpha value is -0.880. The van der Waals surface area contributed by atoms with Crippen LogP contribution in [0.4, 0.5) is 0 Å². The Bertz CT molecular complexity index is 530. The molecule has 0 aliphatic carbocycles. The zero-order chi connectivity index (χ0) is 12.6. The molecule has 3 heterocycles. The fourth-order valence-electron chi connectivity index (χ4n) is 2.83. The average molecular weight is 269 g/mol. The van der Waals surface area contributed by atoms with E-state index in [0.717, 1.165) is 50.9 Å².